The summed E-state index contributed by atoms with van der Waals surface area (Å²) in [6.45, 7) is 2.47. The molecule has 0 bridgehead atoms. The van der Waals surface area contributed by atoms with E-state index in [2.05, 4.69) is 10.2 Å². The Morgan fingerprint density at radius 1 is 1.12 bits per heavy atom. The Kier molecular flexibility index (Phi) is 4.41. The summed E-state index contributed by atoms with van der Waals surface area (Å²) < 4.78 is 38.3. The average Bonchev–Trinajstić information content (AvgIpc) is 3.34. The molecule has 0 spiro atoms. The van der Waals surface area contributed by atoms with Crippen LogP contribution in [0.4, 0.5) is 0 Å². The molecular formula is C17H23N3O4S. The van der Waals surface area contributed by atoms with Crippen molar-refractivity contribution < 1.29 is 17.3 Å². The Bertz CT molecular complexity index is 836. The first-order valence-corrected chi connectivity index (χ1v) is 10.4. The Hall–Kier alpha value is -1.67. The number of nitrogens with zero attached hydrogens (tertiary/aromatic N) is 3. The van der Waals surface area contributed by atoms with Gasteiger partial charge < -0.3 is 8.83 Å². The van der Waals surface area contributed by atoms with E-state index < -0.39 is 10.0 Å². The fourth-order valence-electron chi connectivity index (χ4n) is 3.80. The van der Waals surface area contributed by atoms with E-state index in [0.29, 0.717) is 29.8 Å². The van der Waals surface area contributed by atoms with E-state index in [1.54, 1.807) is 0 Å². The lowest BCUT2D eigenvalue weighted by atomic mass is 10.1. The molecule has 0 unspecified atom stereocenters. The molecule has 2 fully saturated rings. The minimum Gasteiger partial charge on any atom is -0.451 e. The zero-order valence-corrected chi connectivity index (χ0v) is 15.2. The normalized spacial score (nSPS) is 23.3. The van der Waals surface area contributed by atoms with Crippen molar-refractivity contribution in [2.24, 2.45) is 0 Å². The molecule has 7 nitrogen and oxygen atoms in total. The topological polar surface area (TPSA) is 89.4 Å². The molecule has 25 heavy (non-hydrogen) atoms. The van der Waals surface area contributed by atoms with Crippen LogP contribution in [0.25, 0.3) is 11.5 Å². The van der Waals surface area contributed by atoms with Crippen LogP contribution in [0.1, 0.15) is 63.7 Å². The molecule has 2 aromatic rings. The van der Waals surface area contributed by atoms with E-state index in [-0.39, 0.29) is 11.1 Å². The van der Waals surface area contributed by atoms with Crippen LogP contribution in [0.3, 0.4) is 0 Å². The van der Waals surface area contributed by atoms with Gasteiger partial charge in [0.05, 0.1) is 5.56 Å². The van der Waals surface area contributed by atoms with Crippen molar-refractivity contribution in [1.82, 2.24) is 14.5 Å². The quantitative estimate of drug-likeness (QED) is 0.823. The highest BCUT2D eigenvalue weighted by Gasteiger charge is 2.34. The lowest BCUT2D eigenvalue weighted by Crippen LogP contribution is -2.41. The van der Waals surface area contributed by atoms with Crippen molar-refractivity contribution in [2.75, 3.05) is 6.54 Å². The van der Waals surface area contributed by atoms with E-state index >= 15 is 0 Å². The number of rotatable bonds is 4. The van der Waals surface area contributed by atoms with E-state index in [4.69, 9.17) is 8.83 Å². The highest BCUT2D eigenvalue weighted by molar-refractivity contribution is 7.89. The minimum atomic E-state index is -3.63. The first-order valence-electron chi connectivity index (χ1n) is 9.00. The van der Waals surface area contributed by atoms with Gasteiger partial charge in [-0.15, -0.1) is 10.2 Å². The van der Waals surface area contributed by atoms with E-state index in [1.807, 2.05) is 6.92 Å². The van der Waals surface area contributed by atoms with Crippen molar-refractivity contribution in [3.05, 3.63) is 18.2 Å². The molecule has 0 radical (unpaired) electrons. The van der Waals surface area contributed by atoms with Gasteiger partial charge in [0.15, 0.2) is 0 Å². The molecule has 8 heteroatoms. The van der Waals surface area contributed by atoms with Crippen LogP contribution < -0.4 is 0 Å². The highest BCUT2D eigenvalue weighted by Crippen LogP contribution is 2.35. The fourth-order valence-corrected chi connectivity index (χ4v) is 5.42. The van der Waals surface area contributed by atoms with Crippen LogP contribution in [0.15, 0.2) is 26.3 Å². The second-order valence-corrected chi connectivity index (χ2v) is 8.86. The fraction of sp³-hybridized carbons (Fsp3) is 0.647. The molecule has 0 aromatic carbocycles. The summed E-state index contributed by atoms with van der Waals surface area (Å²) >= 11 is 0. The Balaban J connectivity index is 1.57. The SMILES string of the molecule is C[C@H]1CCCCN1S(=O)(=O)c1cc(-c2nnc(C3CCCC3)o2)co1. The third-order valence-electron chi connectivity index (χ3n) is 5.27. The van der Waals surface area contributed by atoms with Gasteiger partial charge in [-0.05, 0) is 32.6 Å². The maximum Gasteiger partial charge on any atom is 0.276 e. The van der Waals surface area contributed by atoms with E-state index in [9.17, 15) is 8.42 Å². The molecule has 3 heterocycles. The number of aromatic nitrogens is 2. The molecule has 1 aliphatic carbocycles. The van der Waals surface area contributed by atoms with Gasteiger partial charge in [-0.2, -0.15) is 4.31 Å². The summed E-state index contributed by atoms with van der Waals surface area (Å²) in [5, 5.41) is 8.14. The second kappa shape index (κ2) is 6.57. The minimum absolute atomic E-state index is 0.00956. The Morgan fingerprint density at radius 2 is 1.88 bits per heavy atom. The second-order valence-electron chi connectivity index (χ2n) is 7.04. The van der Waals surface area contributed by atoms with Crippen LogP contribution in [0.2, 0.25) is 0 Å². The summed E-state index contributed by atoms with van der Waals surface area (Å²) in [6, 6.07) is 1.48. The number of hydrogen-bond acceptors (Lipinski definition) is 6. The summed E-state index contributed by atoms with van der Waals surface area (Å²) in [7, 11) is -3.63. The van der Waals surface area contributed by atoms with E-state index in [0.717, 1.165) is 32.1 Å². The summed E-state index contributed by atoms with van der Waals surface area (Å²) in [5.41, 5.74) is 0.514. The molecule has 0 N–H and O–H groups in total. The third-order valence-corrected chi connectivity index (χ3v) is 7.15. The van der Waals surface area contributed by atoms with Crippen LogP contribution in [-0.2, 0) is 10.0 Å². The smallest absolute Gasteiger partial charge is 0.276 e. The lowest BCUT2D eigenvalue weighted by Gasteiger charge is -2.31. The summed E-state index contributed by atoms with van der Waals surface area (Å²) in [6.07, 6.45) is 8.71. The van der Waals surface area contributed by atoms with Gasteiger partial charge in [-0.3, -0.25) is 0 Å². The molecule has 1 saturated heterocycles. The largest absolute Gasteiger partial charge is 0.451 e. The molecule has 136 valence electrons. The van der Waals surface area contributed by atoms with Gasteiger partial charge in [0.2, 0.25) is 11.0 Å². The van der Waals surface area contributed by atoms with Crippen molar-refractivity contribution >= 4 is 10.0 Å². The van der Waals surface area contributed by atoms with Crippen LogP contribution >= 0.6 is 0 Å². The maximum atomic E-state index is 12.8. The van der Waals surface area contributed by atoms with Gasteiger partial charge in [0, 0.05) is 24.6 Å². The van der Waals surface area contributed by atoms with Crippen molar-refractivity contribution in [3.63, 3.8) is 0 Å². The average molecular weight is 365 g/mol. The predicted octanol–water partition coefficient (Wildman–Crippen LogP) is 3.55. The van der Waals surface area contributed by atoms with Gasteiger partial charge in [-0.25, -0.2) is 8.42 Å². The first-order chi connectivity index (χ1) is 12.1. The van der Waals surface area contributed by atoms with Gasteiger partial charge >= 0.3 is 0 Å². The monoisotopic (exact) mass is 365 g/mol. The zero-order chi connectivity index (χ0) is 17.4. The van der Waals surface area contributed by atoms with Crippen LogP contribution in [-0.4, -0.2) is 35.5 Å². The van der Waals surface area contributed by atoms with Crippen molar-refractivity contribution in [1.29, 1.82) is 0 Å². The zero-order valence-electron chi connectivity index (χ0n) is 14.3. The summed E-state index contributed by atoms with van der Waals surface area (Å²) in [4.78, 5) is 0. The van der Waals surface area contributed by atoms with Crippen LogP contribution in [0.5, 0.6) is 0 Å². The Labute approximate surface area is 147 Å². The van der Waals surface area contributed by atoms with Gasteiger partial charge in [-0.1, -0.05) is 19.3 Å². The number of furan rings is 1. The maximum absolute atomic E-state index is 12.8. The Morgan fingerprint density at radius 3 is 2.64 bits per heavy atom. The molecule has 4 rings (SSSR count). The number of sulfonamides is 1. The van der Waals surface area contributed by atoms with Crippen LogP contribution in [0, 0.1) is 0 Å². The highest BCUT2D eigenvalue weighted by atomic mass is 32.2. The first kappa shape index (κ1) is 16.8. The molecule has 2 aromatic heterocycles. The van der Waals surface area contributed by atoms with Gasteiger partial charge in [0.1, 0.15) is 6.26 Å². The predicted molar refractivity (Wildman–Crippen MR) is 90.4 cm³/mol. The molecule has 1 aliphatic heterocycles. The third kappa shape index (κ3) is 3.13. The number of hydrogen-bond donors (Lipinski definition) is 0. The molecule has 1 atom stereocenters. The standard InChI is InChI=1S/C17H23N3O4S/c1-12-6-4-5-9-20(12)25(21,22)15-10-14(11-23-15)17-19-18-16(24-17)13-7-2-3-8-13/h10-13H,2-9H2,1H3/t12-/m0/s1. The lowest BCUT2D eigenvalue weighted by molar-refractivity contribution is 0.262. The number of piperidine rings is 1. The molecular weight excluding hydrogens is 342 g/mol. The van der Waals surface area contributed by atoms with Gasteiger partial charge in [0.25, 0.3) is 15.9 Å². The molecule has 1 saturated carbocycles. The molecule has 2 aliphatic rings. The summed E-state index contributed by atoms with van der Waals surface area (Å²) in [5.74, 6) is 1.28. The van der Waals surface area contributed by atoms with Crippen molar-refractivity contribution in [3.8, 4) is 11.5 Å². The molecule has 0 amide bonds. The van der Waals surface area contributed by atoms with Crippen molar-refractivity contribution in [2.45, 2.75) is 68.9 Å². The van der Waals surface area contributed by atoms with E-state index in [1.165, 1.54) is 29.5 Å².